The van der Waals surface area contributed by atoms with E-state index in [0.29, 0.717) is 0 Å². The molecule has 0 aromatic heterocycles. The fourth-order valence-electron chi connectivity index (χ4n) is 2.68. The van der Waals surface area contributed by atoms with E-state index in [2.05, 4.69) is 10.6 Å². The van der Waals surface area contributed by atoms with Gasteiger partial charge < -0.3 is 20.6 Å². The summed E-state index contributed by atoms with van der Waals surface area (Å²) >= 11 is 0. The maximum atomic E-state index is 11.9. The predicted molar refractivity (Wildman–Crippen MR) is 75.7 cm³/mol. The van der Waals surface area contributed by atoms with Crippen LogP contribution < -0.4 is 10.6 Å². The van der Waals surface area contributed by atoms with Crippen LogP contribution in [-0.2, 0) is 9.59 Å². The molecule has 3 N–H and O–H groups in total. The van der Waals surface area contributed by atoms with E-state index in [9.17, 15) is 19.5 Å². The number of aliphatic carboxylic acids is 1. The van der Waals surface area contributed by atoms with Crippen molar-refractivity contribution in [3.05, 3.63) is 0 Å². The van der Waals surface area contributed by atoms with E-state index in [0.717, 1.165) is 45.2 Å². The number of nitrogens with zero attached hydrogens (tertiary/aromatic N) is 1. The number of piperidine rings is 1. The molecule has 1 saturated carbocycles. The Morgan fingerprint density at radius 3 is 2.33 bits per heavy atom. The monoisotopic (exact) mass is 297 g/mol. The van der Waals surface area contributed by atoms with Crippen LogP contribution in [0.3, 0.4) is 0 Å². The van der Waals surface area contributed by atoms with E-state index >= 15 is 0 Å². The summed E-state index contributed by atoms with van der Waals surface area (Å²) < 4.78 is 0. The van der Waals surface area contributed by atoms with Crippen molar-refractivity contribution >= 4 is 17.9 Å². The van der Waals surface area contributed by atoms with Crippen LogP contribution in [-0.4, -0.2) is 53.1 Å². The Kier molecular flexibility index (Phi) is 4.69. The Morgan fingerprint density at radius 1 is 1.19 bits per heavy atom. The highest BCUT2D eigenvalue weighted by atomic mass is 16.4. The summed E-state index contributed by atoms with van der Waals surface area (Å²) in [5.41, 5.74) is -1.25. The van der Waals surface area contributed by atoms with Crippen molar-refractivity contribution in [1.82, 2.24) is 15.5 Å². The van der Waals surface area contributed by atoms with Gasteiger partial charge in [0, 0.05) is 13.1 Å². The van der Waals surface area contributed by atoms with Crippen molar-refractivity contribution in [2.75, 3.05) is 19.6 Å². The van der Waals surface area contributed by atoms with Crippen LogP contribution in [0.15, 0.2) is 0 Å². The van der Waals surface area contributed by atoms with E-state index in [1.807, 2.05) is 0 Å². The fraction of sp³-hybridized carbons (Fsp3) is 0.786. The lowest BCUT2D eigenvalue weighted by Crippen LogP contribution is -2.57. The number of hydrogen-bond donors (Lipinski definition) is 3. The normalized spacial score (nSPS) is 21.3. The number of hydrogen-bond acceptors (Lipinski definition) is 3. The number of rotatable bonds is 5. The van der Waals surface area contributed by atoms with Gasteiger partial charge in [0.2, 0.25) is 5.91 Å². The zero-order valence-corrected chi connectivity index (χ0v) is 12.4. The van der Waals surface area contributed by atoms with Gasteiger partial charge in [-0.05, 0) is 44.9 Å². The number of amides is 3. The van der Waals surface area contributed by atoms with Gasteiger partial charge >= 0.3 is 12.0 Å². The van der Waals surface area contributed by atoms with Gasteiger partial charge in [0.15, 0.2) is 0 Å². The number of carboxylic acid groups (broad SMARTS) is 1. The SMILES string of the molecule is CC(NC(=O)NCC(=O)N1CCCCC1)(C(=O)O)C1CC1. The second-order valence-electron chi connectivity index (χ2n) is 6.03. The fourth-order valence-corrected chi connectivity index (χ4v) is 2.68. The molecule has 0 aromatic carbocycles. The van der Waals surface area contributed by atoms with E-state index < -0.39 is 17.5 Å². The molecule has 21 heavy (non-hydrogen) atoms. The maximum Gasteiger partial charge on any atom is 0.329 e. The third kappa shape index (κ3) is 3.86. The Balaban J connectivity index is 1.78. The molecule has 3 amide bonds. The summed E-state index contributed by atoms with van der Waals surface area (Å²) in [6.45, 7) is 2.89. The van der Waals surface area contributed by atoms with Gasteiger partial charge in [-0.2, -0.15) is 0 Å². The van der Waals surface area contributed by atoms with Crippen LogP contribution in [0.5, 0.6) is 0 Å². The molecule has 7 nitrogen and oxygen atoms in total. The van der Waals surface area contributed by atoms with Crippen molar-refractivity contribution in [2.24, 2.45) is 5.92 Å². The van der Waals surface area contributed by atoms with Crippen molar-refractivity contribution in [3.63, 3.8) is 0 Å². The molecule has 2 fully saturated rings. The van der Waals surface area contributed by atoms with Crippen molar-refractivity contribution in [1.29, 1.82) is 0 Å². The van der Waals surface area contributed by atoms with E-state index in [1.165, 1.54) is 6.92 Å². The van der Waals surface area contributed by atoms with Crippen LogP contribution in [0.1, 0.15) is 39.0 Å². The molecule has 0 aromatic rings. The highest BCUT2D eigenvalue weighted by Gasteiger charge is 2.48. The van der Waals surface area contributed by atoms with E-state index in [-0.39, 0.29) is 18.4 Å². The summed E-state index contributed by atoms with van der Waals surface area (Å²) in [6, 6.07) is -0.600. The lowest BCUT2D eigenvalue weighted by molar-refractivity contribution is -0.144. The molecule has 0 radical (unpaired) electrons. The van der Waals surface area contributed by atoms with Crippen LogP contribution in [0.4, 0.5) is 4.79 Å². The highest BCUT2D eigenvalue weighted by molar-refractivity contribution is 5.89. The Bertz CT molecular complexity index is 430. The Morgan fingerprint density at radius 2 is 1.81 bits per heavy atom. The smallest absolute Gasteiger partial charge is 0.329 e. The van der Waals surface area contributed by atoms with Gasteiger partial charge in [-0.25, -0.2) is 9.59 Å². The van der Waals surface area contributed by atoms with Gasteiger partial charge in [-0.15, -0.1) is 0 Å². The largest absolute Gasteiger partial charge is 0.480 e. The summed E-state index contributed by atoms with van der Waals surface area (Å²) in [5.74, 6) is -1.19. The minimum atomic E-state index is -1.25. The number of carbonyl (C=O) groups is 3. The highest BCUT2D eigenvalue weighted by Crippen LogP contribution is 2.39. The van der Waals surface area contributed by atoms with Gasteiger partial charge in [-0.3, -0.25) is 4.79 Å². The summed E-state index contributed by atoms with van der Waals surface area (Å²) in [4.78, 5) is 36.8. The zero-order valence-electron chi connectivity index (χ0n) is 12.4. The summed E-state index contributed by atoms with van der Waals surface area (Å²) in [5, 5.41) is 14.2. The van der Waals surface area contributed by atoms with Crippen LogP contribution in [0, 0.1) is 5.92 Å². The molecule has 2 rings (SSSR count). The number of likely N-dealkylation sites (tertiary alicyclic amines) is 1. The standard InChI is InChI=1S/C14H23N3O4/c1-14(12(19)20,10-5-6-10)16-13(21)15-9-11(18)17-7-3-2-4-8-17/h10H,2-9H2,1H3,(H,19,20)(H2,15,16,21). The minimum absolute atomic E-state index is 0.0291. The molecule has 0 bridgehead atoms. The van der Waals surface area contributed by atoms with Gasteiger partial charge in [0.25, 0.3) is 0 Å². The van der Waals surface area contributed by atoms with Crippen LogP contribution in [0.2, 0.25) is 0 Å². The van der Waals surface area contributed by atoms with Crippen molar-refractivity contribution in [3.8, 4) is 0 Å². The third-order valence-corrected chi connectivity index (χ3v) is 4.32. The lowest BCUT2D eigenvalue weighted by Gasteiger charge is -2.28. The van der Waals surface area contributed by atoms with Crippen molar-refractivity contribution in [2.45, 2.75) is 44.6 Å². The third-order valence-electron chi connectivity index (χ3n) is 4.32. The van der Waals surface area contributed by atoms with Crippen LogP contribution >= 0.6 is 0 Å². The number of carbonyl (C=O) groups excluding carboxylic acids is 2. The van der Waals surface area contributed by atoms with Crippen molar-refractivity contribution < 1.29 is 19.5 Å². The first-order valence-corrected chi connectivity index (χ1v) is 7.50. The molecule has 1 atom stereocenters. The van der Waals surface area contributed by atoms with Crippen LogP contribution in [0.25, 0.3) is 0 Å². The molecule has 0 spiro atoms. The predicted octanol–water partition coefficient (Wildman–Crippen LogP) is 0.551. The Labute approximate surface area is 124 Å². The quantitative estimate of drug-likeness (QED) is 0.690. The number of nitrogens with one attached hydrogen (secondary N) is 2. The first-order chi connectivity index (χ1) is 9.93. The molecule has 1 saturated heterocycles. The Hall–Kier alpha value is -1.79. The number of carboxylic acids is 1. The van der Waals surface area contributed by atoms with Gasteiger partial charge in [0.1, 0.15) is 5.54 Å². The van der Waals surface area contributed by atoms with Gasteiger partial charge in [-0.1, -0.05) is 0 Å². The first-order valence-electron chi connectivity index (χ1n) is 7.50. The average Bonchev–Trinajstić information content (AvgIpc) is 3.30. The summed E-state index contributed by atoms with van der Waals surface area (Å²) in [6.07, 6.45) is 4.73. The molecule has 1 unspecified atom stereocenters. The second kappa shape index (κ2) is 6.32. The van der Waals surface area contributed by atoms with E-state index in [1.54, 1.807) is 4.90 Å². The number of urea groups is 1. The first kappa shape index (κ1) is 15.6. The second-order valence-corrected chi connectivity index (χ2v) is 6.03. The molecule has 1 aliphatic carbocycles. The topological polar surface area (TPSA) is 98.7 Å². The summed E-state index contributed by atoms with van der Waals surface area (Å²) in [7, 11) is 0. The average molecular weight is 297 g/mol. The maximum absolute atomic E-state index is 11.9. The molecular formula is C14H23N3O4. The molecule has 1 aliphatic heterocycles. The minimum Gasteiger partial charge on any atom is -0.480 e. The van der Waals surface area contributed by atoms with E-state index in [4.69, 9.17) is 0 Å². The lowest BCUT2D eigenvalue weighted by atomic mass is 9.96. The zero-order chi connectivity index (χ0) is 15.5. The molecule has 1 heterocycles. The molecular weight excluding hydrogens is 274 g/mol. The molecule has 118 valence electrons. The van der Waals surface area contributed by atoms with Gasteiger partial charge in [0.05, 0.1) is 6.54 Å². The molecule has 7 heteroatoms. The molecule has 2 aliphatic rings.